The van der Waals surface area contributed by atoms with Gasteiger partial charge in [0.05, 0.1) is 22.1 Å². The molecule has 0 fully saturated rings. The number of nitrogens with zero attached hydrogens (tertiary/aromatic N) is 1. The van der Waals surface area contributed by atoms with E-state index >= 15 is 0 Å². The van der Waals surface area contributed by atoms with Gasteiger partial charge in [-0.3, -0.25) is 4.79 Å². The lowest BCUT2D eigenvalue weighted by molar-refractivity contribution is 0.102. The SMILES string of the molecule is Cc1[nH]c2ccc(C#N)cc2c1C(=O)Nc1ccccc1-c1ccccc1S(N)(=O)=O. The van der Waals surface area contributed by atoms with Gasteiger partial charge in [0.15, 0.2) is 0 Å². The number of nitrogens with one attached hydrogen (secondary N) is 2. The first-order valence-electron chi connectivity index (χ1n) is 9.34. The number of H-pyrrole nitrogens is 1. The number of sulfonamides is 1. The summed E-state index contributed by atoms with van der Waals surface area (Å²) in [6, 6.07) is 20.4. The summed E-state index contributed by atoms with van der Waals surface area (Å²) >= 11 is 0. The van der Waals surface area contributed by atoms with Crippen LogP contribution in [0.25, 0.3) is 22.0 Å². The number of fused-ring (bicyclic) bond motifs is 1. The first-order valence-corrected chi connectivity index (χ1v) is 10.9. The summed E-state index contributed by atoms with van der Waals surface area (Å²) in [6.07, 6.45) is 0. The van der Waals surface area contributed by atoms with E-state index in [4.69, 9.17) is 5.14 Å². The number of primary sulfonamides is 1. The van der Waals surface area contributed by atoms with Crippen molar-refractivity contribution >= 4 is 32.5 Å². The molecule has 4 N–H and O–H groups in total. The molecule has 1 aromatic heterocycles. The maximum atomic E-state index is 13.2. The van der Waals surface area contributed by atoms with Crippen LogP contribution >= 0.6 is 0 Å². The topological polar surface area (TPSA) is 129 Å². The third-order valence-electron chi connectivity index (χ3n) is 5.00. The Morgan fingerprint density at radius 2 is 1.71 bits per heavy atom. The minimum Gasteiger partial charge on any atom is -0.358 e. The van der Waals surface area contributed by atoms with Gasteiger partial charge in [-0.25, -0.2) is 13.6 Å². The number of amides is 1. The van der Waals surface area contributed by atoms with E-state index in [1.54, 1.807) is 67.6 Å². The molecule has 31 heavy (non-hydrogen) atoms. The summed E-state index contributed by atoms with van der Waals surface area (Å²) in [4.78, 5) is 16.3. The van der Waals surface area contributed by atoms with E-state index in [-0.39, 0.29) is 10.8 Å². The molecule has 1 amide bonds. The van der Waals surface area contributed by atoms with Crippen LogP contribution in [0.2, 0.25) is 0 Å². The van der Waals surface area contributed by atoms with Gasteiger partial charge in [-0.1, -0.05) is 36.4 Å². The zero-order valence-corrected chi connectivity index (χ0v) is 17.3. The van der Waals surface area contributed by atoms with Gasteiger partial charge in [-0.2, -0.15) is 5.26 Å². The highest BCUT2D eigenvalue weighted by molar-refractivity contribution is 7.89. The number of carbonyl (C=O) groups is 1. The minimum absolute atomic E-state index is 0.0290. The molecule has 4 rings (SSSR count). The third-order valence-corrected chi connectivity index (χ3v) is 5.97. The van der Waals surface area contributed by atoms with Crippen LogP contribution < -0.4 is 10.5 Å². The number of aryl methyl sites for hydroxylation is 1. The van der Waals surface area contributed by atoms with Crippen molar-refractivity contribution in [3.05, 3.63) is 83.6 Å². The largest absolute Gasteiger partial charge is 0.358 e. The van der Waals surface area contributed by atoms with E-state index in [1.807, 2.05) is 0 Å². The monoisotopic (exact) mass is 430 g/mol. The van der Waals surface area contributed by atoms with Crippen molar-refractivity contribution in [1.29, 1.82) is 5.26 Å². The molecule has 1 heterocycles. The molecule has 0 aliphatic carbocycles. The van der Waals surface area contributed by atoms with E-state index in [9.17, 15) is 18.5 Å². The maximum Gasteiger partial charge on any atom is 0.258 e. The van der Waals surface area contributed by atoms with Crippen LogP contribution in [-0.2, 0) is 10.0 Å². The summed E-state index contributed by atoms with van der Waals surface area (Å²) in [6.45, 7) is 1.78. The number of aromatic amines is 1. The minimum atomic E-state index is -3.96. The van der Waals surface area contributed by atoms with Gasteiger partial charge in [0, 0.05) is 33.4 Å². The van der Waals surface area contributed by atoms with Gasteiger partial charge < -0.3 is 10.3 Å². The number of hydrogen-bond acceptors (Lipinski definition) is 4. The summed E-state index contributed by atoms with van der Waals surface area (Å²) in [7, 11) is -3.96. The Hall–Kier alpha value is -3.93. The van der Waals surface area contributed by atoms with Crippen molar-refractivity contribution in [2.24, 2.45) is 5.14 Å². The maximum absolute atomic E-state index is 13.2. The van der Waals surface area contributed by atoms with E-state index in [0.717, 1.165) is 5.52 Å². The molecule has 0 unspecified atom stereocenters. The fourth-order valence-corrected chi connectivity index (χ4v) is 4.39. The molecule has 4 aromatic rings. The second-order valence-corrected chi connectivity index (χ2v) is 8.57. The fraction of sp³-hybridized carbons (Fsp3) is 0.0435. The molecule has 0 spiro atoms. The van der Waals surface area contributed by atoms with Crippen molar-refractivity contribution in [2.45, 2.75) is 11.8 Å². The average Bonchev–Trinajstić information content (AvgIpc) is 3.08. The van der Waals surface area contributed by atoms with Gasteiger partial charge >= 0.3 is 0 Å². The standard InChI is InChI=1S/C23H18N4O3S/c1-14-22(18-12-15(13-24)10-11-20(18)26-14)23(28)27-19-8-4-2-6-16(19)17-7-3-5-9-21(17)31(25,29)30/h2-12,26H,1H3,(H,27,28)(H2,25,29,30). The first kappa shape index (κ1) is 20.3. The third kappa shape index (κ3) is 3.80. The Morgan fingerprint density at radius 3 is 2.42 bits per heavy atom. The van der Waals surface area contributed by atoms with Gasteiger partial charge in [0.1, 0.15) is 0 Å². The molecule has 0 bridgehead atoms. The lowest BCUT2D eigenvalue weighted by Gasteiger charge is -2.14. The molecule has 0 saturated carbocycles. The van der Waals surface area contributed by atoms with Crippen LogP contribution in [0, 0.1) is 18.3 Å². The molecule has 7 nitrogen and oxygen atoms in total. The number of hydrogen-bond donors (Lipinski definition) is 3. The number of anilines is 1. The number of nitriles is 1. The highest BCUT2D eigenvalue weighted by Gasteiger charge is 2.20. The van der Waals surface area contributed by atoms with Gasteiger partial charge in [-0.15, -0.1) is 0 Å². The predicted octanol–water partition coefficient (Wildman–Crippen LogP) is 3.91. The van der Waals surface area contributed by atoms with Crippen LogP contribution in [-0.4, -0.2) is 19.3 Å². The smallest absolute Gasteiger partial charge is 0.258 e. The Bertz CT molecular complexity index is 1480. The van der Waals surface area contributed by atoms with Crippen molar-refractivity contribution in [1.82, 2.24) is 4.98 Å². The van der Waals surface area contributed by atoms with Crippen LogP contribution in [0.15, 0.2) is 71.6 Å². The Labute approximate surface area is 179 Å². The Kier molecular flexibility index (Phi) is 5.07. The average molecular weight is 430 g/mol. The van der Waals surface area contributed by atoms with E-state index in [1.165, 1.54) is 6.07 Å². The number of benzene rings is 3. The van der Waals surface area contributed by atoms with Crippen LogP contribution in [0.3, 0.4) is 0 Å². The van der Waals surface area contributed by atoms with Crippen molar-refractivity contribution < 1.29 is 13.2 Å². The van der Waals surface area contributed by atoms with Gasteiger partial charge in [-0.05, 0) is 37.3 Å². The van der Waals surface area contributed by atoms with Crippen LogP contribution in [0.5, 0.6) is 0 Å². The lowest BCUT2D eigenvalue weighted by Crippen LogP contribution is -2.15. The van der Waals surface area contributed by atoms with Crippen molar-refractivity contribution in [3.8, 4) is 17.2 Å². The summed E-state index contributed by atoms with van der Waals surface area (Å²) in [5.41, 5.74) is 3.62. The number of rotatable bonds is 4. The summed E-state index contributed by atoms with van der Waals surface area (Å²) in [5, 5.41) is 18.1. The summed E-state index contributed by atoms with van der Waals surface area (Å²) in [5.74, 6) is -0.376. The van der Waals surface area contributed by atoms with Gasteiger partial charge in [0.25, 0.3) is 5.91 Å². The predicted molar refractivity (Wildman–Crippen MR) is 119 cm³/mol. The highest BCUT2D eigenvalue weighted by atomic mass is 32.2. The quantitative estimate of drug-likeness (QED) is 0.453. The van der Waals surface area contributed by atoms with E-state index in [0.29, 0.717) is 39.0 Å². The molecule has 0 aliphatic heterocycles. The molecule has 0 saturated heterocycles. The van der Waals surface area contributed by atoms with Crippen LogP contribution in [0.4, 0.5) is 5.69 Å². The van der Waals surface area contributed by atoms with Gasteiger partial charge in [0.2, 0.25) is 10.0 Å². The molecule has 0 aliphatic rings. The number of aromatic nitrogens is 1. The number of carbonyl (C=O) groups excluding carboxylic acids is 1. The molecule has 3 aromatic carbocycles. The molecule has 154 valence electrons. The first-order chi connectivity index (χ1) is 14.8. The second-order valence-electron chi connectivity index (χ2n) is 7.04. The Morgan fingerprint density at radius 1 is 1.03 bits per heavy atom. The van der Waals surface area contributed by atoms with E-state index in [2.05, 4.69) is 16.4 Å². The molecular formula is C23H18N4O3S. The second kappa shape index (κ2) is 7.72. The Balaban J connectivity index is 1.81. The number of nitrogens with two attached hydrogens (primary N) is 1. The number of para-hydroxylation sites is 1. The lowest BCUT2D eigenvalue weighted by atomic mass is 10.0. The molecule has 0 atom stereocenters. The van der Waals surface area contributed by atoms with Crippen molar-refractivity contribution in [2.75, 3.05) is 5.32 Å². The molecule has 0 radical (unpaired) electrons. The van der Waals surface area contributed by atoms with Crippen molar-refractivity contribution in [3.63, 3.8) is 0 Å². The fourth-order valence-electron chi connectivity index (χ4n) is 3.64. The molecular weight excluding hydrogens is 412 g/mol. The zero-order chi connectivity index (χ0) is 22.2. The summed E-state index contributed by atoms with van der Waals surface area (Å²) < 4.78 is 24.1. The van der Waals surface area contributed by atoms with E-state index < -0.39 is 10.0 Å². The molecule has 8 heteroatoms. The zero-order valence-electron chi connectivity index (χ0n) is 16.5. The highest BCUT2D eigenvalue weighted by Crippen LogP contribution is 2.33. The normalized spacial score (nSPS) is 11.3. The van der Waals surface area contributed by atoms with Crippen LogP contribution in [0.1, 0.15) is 21.6 Å².